The molecule has 2 heterocycles. The molecule has 0 radical (unpaired) electrons. The number of rotatable bonds is 6. The first kappa shape index (κ1) is 15.8. The Labute approximate surface area is 120 Å². The smallest absolute Gasteiger partial charge is 0.276 e. The molecule has 0 bridgehead atoms. The summed E-state index contributed by atoms with van der Waals surface area (Å²) in [6.45, 7) is 0.496. The highest BCUT2D eigenvalue weighted by molar-refractivity contribution is 5.91. The first-order valence-electron chi connectivity index (χ1n) is 6.92. The number of hydrogen-bond donors (Lipinski definition) is 2. The number of halogens is 2. The molecule has 118 valence electrons. The third-order valence-electron chi connectivity index (χ3n) is 3.43. The van der Waals surface area contributed by atoms with Gasteiger partial charge in [0.05, 0.1) is 25.4 Å². The Kier molecular flexibility index (Phi) is 5.57. The van der Waals surface area contributed by atoms with Gasteiger partial charge in [0.25, 0.3) is 12.3 Å². The molecule has 21 heavy (non-hydrogen) atoms. The van der Waals surface area contributed by atoms with Crippen molar-refractivity contribution in [1.29, 1.82) is 0 Å². The second kappa shape index (κ2) is 7.41. The molecule has 1 aliphatic rings. The fraction of sp³-hybridized carbons (Fsp3) is 0.750. The number of carbonyl (C=O) groups is 1. The van der Waals surface area contributed by atoms with Crippen LogP contribution in [0.4, 0.5) is 8.78 Å². The molecule has 0 spiro atoms. The first-order valence-corrected chi connectivity index (χ1v) is 6.92. The molecule has 7 nitrogen and oxygen atoms in total. The Balaban J connectivity index is 2.05. The molecule has 0 unspecified atom stereocenters. The third-order valence-corrected chi connectivity index (χ3v) is 3.43. The summed E-state index contributed by atoms with van der Waals surface area (Å²) in [5, 5.41) is 19.8. The minimum Gasteiger partial charge on any atom is -0.395 e. The molecule has 2 N–H and O–H groups in total. The molecule has 1 amide bonds. The van der Waals surface area contributed by atoms with Crippen LogP contribution in [0.5, 0.6) is 0 Å². The van der Waals surface area contributed by atoms with E-state index in [0.717, 1.165) is 30.8 Å². The number of hydrogen-bond acceptors (Lipinski definition) is 5. The zero-order valence-electron chi connectivity index (χ0n) is 11.6. The quantitative estimate of drug-likeness (QED) is 0.767. The second-order valence-corrected chi connectivity index (χ2v) is 4.93. The molecule has 2 rings (SSSR count). The molecule has 1 fully saturated rings. The second-order valence-electron chi connectivity index (χ2n) is 4.93. The van der Waals surface area contributed by atoms with Crippen LogP contribution >= 0.6 is 0 Å². The highest BCUT2D eigenvalue weighted by atomic mass is 19.3. The van der Waals surface area contributed by atoms with Crippen molar-refractivity contribution in [3.8, 4) is 0 Å². The molecular weight excluding hydrogens is 284 g/mol. The van der Waals surface area contributed by atoms with E-state index in [0.29, 0.717) is 0 Å². The van der Waals surface area contributed by atoms with Crippen molar-refractivity contribution < 1.29 is 18.7 Å². The molecule has 9 heteroatoms. The first-order chi connectivity index (χ1) is 10.1. The van der Waals surface area contributed by atoms with Crippen LogP contribution in [-0.2, 0) is 0 Å². The number of aromatic nitrogens is 3. The van der Waals surface area contributed by atoms with E-state index >= 15 is 0 Å². The fourth-order valence-electron chi connectivity index (χ4n) is 2.35. The van der Waals surface area contributed by atoms with Crippen LogP contribution in [0.1, 0.15) is 29.4 Å². The van der Waals surface area contributed by atoms with Crippen LogP contribution in [0.3, 0.4) is 0 Å². The summed E-state index contributed by atoms with van der Waals surface area (Å²) >= 11 is 0. The van der Waals surface area contributed by atoms with Crippen molar-refractivity contribution in [3.05, 3.63) is 11.9 Å². The van der Waals surface area contributed by atoms with E-state index in [9.17, 15) is 13.6 Å². The summed E-state index contributed by atoms with van der Waals surface area (Å²) < 4.78 is 26.5. The number of nitrogens with zero attached hydrogens (tertiary/aromatic N) is 4. The van der Waals surface area contributed by atoms with Gasteiger partial charge in [-0.05, 0) is 25.9 Å². The lowest BCUT2D eigenvalue weighted by Gasteiger charge is -2.22. The topological polar surface area (TPSA) is 83.3 Å². The van der Waals surface area contributed by atoms with Gasteiger partial charge in [-0.25, -0.2) is 13.5 Å². The number of aliphatic hydroxyl groups excluding tert-OH is 1. The van der Waals surface area contributed by atoms with E-state index in [1.165, 1.54) is 6.20 Å². The predicted octanol–water partition coefficient (Wildman–Crippen LogP) is -0.0978. The number of aliphatic hydroxyl groups is 1. The SMILES string of the molecule is O=C(c1cn(C2CCNCC2)nn1)N(CCO)CC(F)F. The standard InChI is InChI=1S/C12H19F2N5O2/c13-11(14)8-18(5-6-20)12(21)10-7-19(17-16-10)9-1-3-15-4-2-9/h7,9,11,15,20H,1-6,8H2. The lowest BCUT2D eigenvalue weighted by Crippen LogP contribution is -2.37. The summed E-state index contributed by atoms with van der Waals surface area (Å²) in [7, 11) is 0. The van der Waals surface area contributed by atoms with Gasteiger partial charge in [-0.3, -0.25) is 4.79 Å². The number of carbonyl (C=O) groups excluding carboxylic acids is 1. The number of alkyl halides is 2. The molecule has 1 saturated heterocycles. The maximum absolute atomic E-state index is 12.5. The summed E-state index contributed by atoms with van der Waals surface area (Å²) in [4.78, 5) is 13.0. The molecule has 0 aromatic carbocycles. The van der Waals surface area contributed by atoms with Crippen molar-refractivity contribution >= 4 is 5.91 Å². The Hall–Kier alpha value is -1.61. The molecule has 0 saturated carbocycles. The molecular formula is C12H19F2N5O2. The van der Waals surface area contributed by atoms with Crippen LogP contribution in [-0.4, -0.2) is 70.1 Å². The molecule has 0 atom stereocenters. The van der Waals surface area contributed by atoms with E-state index in [2.05, 4.69) is 15.6 Å². The Morgan fingerprint density at radius 3 is 2.86 bits per heavy atom. The van der Waals surface area contributed by atoms with Crippen LogP contribution in [0.15, 0.2) is 6.20 Å². The average Bonchev–Trinajstić information content (AvgIpc) is 2.96. The van der Waals surface area contributed by atoms with Crippen LogP contribution in [0, 0.1) is 0 Å². The summed E-state index contributed by atoms with van der Waals surface area (Å²) in [5.74, 6) is -0.635. The summed E-state index contributed by atoms with van der Waals surface area (Å²) in [6.07, 6.45) is 0.608. The number of amides is 1. The fourth-order valence-corrected chi connectivity index (χ4v) is 2.35. The van der Waals surface area contributed by atoms with E-state index in [-0.39, 0.29) is 24.9 Å². The third kappa shape index (κ3) is 4.18. The van der Waals surface area contributed by atoms with Crippen molar-refractivity contribution in [1.82, 2.24) is 25.2 Å². The summed E-state index contributed by atoms with van der Waals surface area (Å²) in [6, 6.07) is 0.168. The van der Waals surface area contributed by atoms with E-state index < -0.39 is 18.9 Å². The van der Waals surface area contributed by atoms with Crippen LogP contribution in [0.25, 0.3) is 0 Å². The van der Waals surface area contributed by atoms with Gasteiger partial charge in [0.1, 0.15) is 0 Å². The Bertz CT molecular complexity index is 462. The zero-order valence-corrected chi connectivity index (χ0v) is 11.6. The van der Waals surface area contributed by atoms with Gasteiger partial charge < -0.3 is 15.3 Å². The maximum Gasteiger partial charge on any atom is 0.276 e. The van der Waals surface area contributed by atoms with Gasteiger partial charge in [0.15, 0.2) is 5.69 Å². The van der Waals surface area contributed by atoms with Gasteiger partial charge in [-0.15, -0.1) is 5.10 Å². The Morgan fingerprint density at radius 2 is 2.24 bits per heavy atom. The highest BCUT2D eigenvalue weighted by Gasteiger charge is 2.23. The van der Waals surface area contributed by atoms with Crippen molar-refractivity contribution in [2.75, 3.05) is 32.8 Å². The largest absolute Gasteiger partial charge is 0.395 e. The highest BCUT2D eigenvalue weighted by Crippen LogP contribution is 2.17. The van der Waals surface area contributed by atoms with Gasteiger partial charge >= 0.3 is 0 Å². The van der Waals surface area contributed by atoms with Gasteiger partial charge in [-0.1, -0.05) is 5.21 Å². The minimum absolute atomic E-state index is 0.0302. The van der Waals surface area contributed by atoms with E-state index in [4.69, 9.17) is 5.11 Å². The number of nitrogens with one attached hydrogen (secondary N) is 1. The van der Waals surface area contributed by atoms with Crippen LogP contribution in [0.2, 0.25) is 0 Å². The van der Waals surface area contributed by atoms with Gasteiger partial charge in [0, 0.05) is 6.54 Å². The molecule has 0 aliphatic carbocycles. The van der Waals surface area contributed by atoms with Crippen molar-refractivity contribution in [2.45, 2.75) is 25.3 Å². The van der Waals surface area contributed by atoms with Crippen molar-refractivity contribution in [3.63, 3.8) is 0 Å². The van der Waals surface area contributed by atoms with Gasteiger partial charge in [0.2, 0.25) is 0 Å². The average molecular weight is 303 g/mol. The van der Waals surface area contributed by atoms with Crippen molar-refractivity contribution in [2.24, 2.45) is 0 Å². The lowest BCUT2D eigenvalue weighted by atomic mass is 10.1. The normalized spacial score (nSPS) is 16.4. The summed E-state index contributed by atoms with van der Waals surface area (Å²) in [5.41, 5.74) is 0.0302. The lowest BCUT2D eigenvalue weighted by molar-refractivity contribution is 0.0504. The van der Waals surface area contributed by atoms with Gasteiger partial charge in [-0.2, -0.15) is 0 Å². The van der Waals surface area contributed by atoms with E-state index in [1.54, 1.807) is 4.68 Å². The van der Waals surface area contributed by atoms with E-state index in [1.807, 2.05) is 0 Å². The Morgan fingerprint density at radius 1 is 1.52 bits per heavy atom. The number of piperidine rings is 1. The molecule has 1 aromatic heterocycles. The predicted molar refractivity (Wildman–Crippen MR) is 70.2 cm³/mol. The molecule has 1 aliphatic heterocycles. The molecule has 1 aromatic rings. The van der Waals surface area contributed by atoms with Crippen LogP contribution < -0.4 is 5.32 Å². The monoisotopic (exact) mass is 303 g/mol. The maximum atomic E-state index is 12.5. The zero-order chi connectivity index (χ0) is 15.2. The minimum atomic E-state index is -2.65.